The first-order valence-electron chi connectivity index (χ1n) is 12.1. The highest BCUT2D eigenvalue weighted by atomic mass is 19.2. The van der Waals surface area contributed by atoms with Crippen LogP contribution in [0.15, 0.2) is 0 Å². The van der Waals surface area contributed by atoms with Gasteiger partial charge < -0.3 is 5.32 Å². The van der Waals surface area contributed by atoms with Gasteiger partial charge in [0, 0.05) is 13.0 Å². The van der Waals surface area contributed by atoms with Crippen molar-refractivity contribution >= 4 is 0 Å². The van der Waals surface area contributed by atoms with Gasteiger partial charge in [-0.3, -0.25) is 4.39 Å². The highest BCUT2D eigenvalue weighted by Crippen LogP contribution is 2.28. The molecular weight excluding hydrogens is 461 g/mol. The van der Waals surface area contributed by atoms with Crippen LogP contribution in [0.4, 0.5) is 39.5 Å². The minimum Gasteiger partial charge on any atom is -0.314 e. The lowest BCUT2D eigenvalue weighted by atomic mass is 9.97. The van der Waals surface area contributed by atoms with Crippen LogP contribution in [0.25, 0.3) is 0 Å². The van der Waals surface area contributed by atoms with E-state index in [1.54, 1.807) is 0 Å². The lowest BCUT2D eigenvalue weighted by molar-refractivity contribution is -0.0467. The van der Waals surface area contributed by atoms with E-state index in [-0.39, 0.29) is 0 Å². The van der Waals surface area contributed by atoms with E-state index in [0.717, 1.165) is 25.7 Å². The summed E-state index contributed by atoms with van der Waals surface area (Å²) in [6.45, 7) is 0.467. The summed E-state index contributed by atoms with van der Waals surface area (Å²) >= 11 is 0. The van der Waals surface area contributed by atoms with Gasteiger partial charge in [-0.25, -0.2) is 35.1 Å². The Morgan fingerprint density at radius 1 is 0.515 bits per heavy atom. The Balaban J connectivity index is 4.09. The Morgan fingerprint density at radius 3 is 1.36 bits per heavy atom. The zero-order valence-electron chi connectivity index (χ0n) is 19.4. The van der Waals surface area contributed by atoms with Crippen molar-refractivity contribution in [2.24, 2.45) is 0 Å². The van der Waals surface area contributed by atoms with Crippen molar-refractivity contribution < 1.29 is 39.5 Å². The number of halogens is 9. The fourth-order valence-electron chi connectivity index (χ4n) is 3.45. The number of nitrogens with one attached hydrogen (secondary N) is 1. The van der Waals surface area contributed by atoms with Gasteiger partial charge in [-0.05, 0) is 13.0 Å². The SMILES string of the molecule is CCCCCCCCCCCCNCC(F)C(F)C(F)C(F)C(F)C(F)C(F)C(F)CCF. The largest absolute Gasteiger partial charge is 0.314 e. The number of rotatable bonds is 22. The van der Waals surface area contributed by atoms with Gasteiger partial charge in [0.15, 0.2) is 37.0 Å². The van der Waals surface area contributed by atoms with E-state index in [1.165, 1.54) is 32.1 Å². The van der Waals surface area contributed by atoms with Crippen LogP contribution < -0.4 is 5.32 Å². The van der Waals surface area contributed by atoms with Crippen molar-refractivity contribution in [3.8, 4) is 0 Å². The molecule has 8 atom stereocenters. The number of hydrogen-bond acceptors (Lipinski definition) is 1. The summed E-state index contributed by atoms with van der Waals surface area (Å²) in [5.41, 5.74) is 0. The molecule has 0 heterocycles. The van der Waals surface area contributed by atoms with Crippen molar-refractivity contribution in [2.75, 3.05) is 19.8 Å². The third-order valence-electron chi connectivity index (χ3n) is 5.64. The second-order valence-electron chi connectivity index (χ2n) is 8.56. The van der Waals surface area contributed by atoms with Crippen molar-refractivity contribution in [1.29, 1.82) is 0 Å². The molecule has 0 rings (SSSR count). The van der Waals surface area contributed by atoms with Gasteiger partial charge in [0.25, 0.3) is 0 Å². The van der Waals surface area contributed by atoms with Gasteiger partial charge in [0.1, 0.15) is 12.3 Å². The van der Waals surface area contributed by atoms with Crippen molar-refractivity contribution in [2.45, 2.75) is 127 Å². The number of hydrogen-bond donors (Lipinski definition) is 1. The lowest BCUT2D eigenvalue weighted by Gasteiger charge is -2.26. The summed E-state index contributed by atoms with van der Waals surface area (Å²) in [5, 5.41) is 2.57. The summed E-state index contributed by atoms with van der Waals surface area (Å²) in [4.78, 5) is 0. The minimum absolute atomic E-state index is 0.327. The van der Waals surface area contributed by atoms with Gasteiger partial charge >= 0.3 is 0 Å². The first-order valence-corrected chi connectivity index (χ1v) is 12.1. The molecule has 0 bridgehead atoms. The molecule has 0 saturated heterocycles. The molecule has 0 aliphatic carbocycles. The average Bonchev–Trinajstić information content (AvgIpc) is 2.81. The van der Waals surface area contributed by atoms with Crippen molar-refractivity contribution in [1.82, 2.24) is 5.32 Å². The Morgan fingerprint density at radius 2 is 0.909 bits per heavy atom. The van der Waals surface area contributed by atoms with Crippen LogP contribution in [0.2, 0.25) is 0 Å². The molecule has 0 aliphatic rings. The van der Waals surface area contributed by atoms with Crippen LogP contribution in [0.5, 0.6) is 0 Å². The quantitative estimate of drug-likeness (QED) is 0.119. The topological polar surface area (TPSA) is 12.0 Å². The Hall–Kier alpha value is -0.670. The average molecular weight is 502 g/mol. The maximum absolute atomic E-state index is 13.8. The summed E-state index contributed by atoms with van der Waals surface area (Å²) in [6, 6.07) is 0. The molecule has 0 aromatic carbocycles. The minimum atomic E-state index is -3.56. The Kier molecular flexibility index (Phi) is 19.2. The van der Waals surface area contributed by atoms with E-state index in [1.807, 2.05) is 0 Å². The molecule has 33 heavy (non-hydrogen) atoms. The molecule has 1 nitrogen and oxygen atoms in total. The van der Waals surface area contributed by atoms with E-state index < -0.39 is 69.0 Å². The molecule has 0 aromatic heterocycles. The molecule has 0 fully saturated rings. The molecule has 0 aromatic rings. The van der Waals surface area contributed by atoms with Crippen molar-refractivity contribution in [3.05, 3.63) is 0 Å². The van der Waals surface area contributed by atoms with Crippen LogP contribution in [-0.4, -0.2) is 69.1 Å². The van der Waals surface area contributed by atoms with E-state index >= 15 is 0 Å². The number of unbranched alkanes of at least 4 members (excludes halogenated alkanes) is 9. The van der Waals surface area contributed by atoms with Gasteiger partial charge in [-0.1, -0.05) is 64.7 Å². The first-order chi connectivity index (χ1) is 15.7. The smallest absolute Gasteiger partial charge is 0.168 e. The van der Waals surface area contributed by atoms with Gasteiger partial charge in [0.05, 0.1) is 6.67 Å². The molecule has 0 aliphatic heterocycles. The van der Waals surface area contributed by atoms with Crippen molar-refractivity contribution in [3.63, 3.8) is 0 Å². The van der Waals surface area contributed by atoms with E-state index in [4.69, 9.17) is 0 Å². The predicted molar refractivity (Wildman–Crippen MR) is 114 cm³/mol. The Labute approximate surface area is 192 Å². The van der Waals surface area contributed by atoms with Gasteiger partial charge in [-0.2, -0.15) is 0 Å². The van der Waals surface area contributed by atoms with Gasteiger partial charge in [0.2, 0.25) is 0 Å². The number of alkyl halides is 9. The summed E-state index contributed by atoms with van der Waals surface area (Å²) < 4.78 is 121. The highest BCUT2D eigenvalue weighted by molar-refractivity contribution is 4.93. The van der Waals surface area contributed by atoms with Crippen LogP contribution >= 0.6 is 0 Å². The van der Waals surface area contributed by atoms with E-state index in [9.17, 15) is 39.5 Å². The van der Waals surface area contributed by atoms with Crippen LogP contribution in [-0.2, 0) is 0 Å². The third-order valence-corrected chi connectivity index (χ3v) is 5.64. The zero-order chi connectivity index (χ0) is 25.2. The lowest BCUT2D eigenvalue weighted by Crippen LogP contribution is -2.48. The predicted octanol–water partition coefficient (Wildman–Crippen LogP) is 7.56. The molecule has 0 spiro atoms. The molecule has 0 amide bonds. The molecule has 0 saturated carbocycles. The Bertz CT molecular complexity index is 446. The van der Waals surface area contributed by atoms with Crippen LogP contribution in [0.1, 0.15) is 77.6 Å². The monoisotopic (exact) mass is 501 g/mol. The van der Waals surface area contributed by atoms with Crippen LogP contribution in [0.3, 0.4) is 0 Å². The van der Waals surface area contributed by atoms with Gasteiger partial charge in [-0.15, -0.1) is 0 Å². The molecule has 200 valence electrons. The van der Waals surface area contributed by atoms with E-state index in [0.29, 0.717) is 13.0 Å². The molecule has 1 N–H and O–H groups in total. The summed E-state index contributed by atoms with van der Waals surface area (Å²) in [6.07, 6.45) is -15.8. The molecule has 10 heteroatoms. The normalized spacial score (nSPS) is 19.5. The summed E-state index contributed by atoms with van der Waals surface area (Å²) in [5.74, 6) is 0. The molecule has 8 unspecified atom stereocenters. The maximum atomic E-state index is 13.8. The second kappa shape index (κ2) is 19.6. The second-order valence-corrected chi connectivity index (χ2v) is 8.56. The molecular formula is C23H40F9N. The fraction of sp³-hybridized carbons (Fsp3) is 1.00. The zero-order valence-corrected chi connectivity index (χ0v) is 19.4. The maximum Gasteiger partial charge on any atom is 0.168 e. The first kappa shape index (κ1) is 32.3. The van der Waals surface area contributed by atoms with Crippen LogP contribution in [0, 0.1) is 0 Å². The standard InChI is InChI=1S/C23H40F9N/c1-2-3-4-5-6-7-8-9-10-11-14-33-15-17(26)19(28)21(30)23(32)22(31)20(29)18(27)16(25)12-13-24/h16-23,33H,2-15H2,1H3. The fourth-order valence-corrected chi connectivity index (χ4v) is 3.45. The molecule has 0 radical (unpaired) electrons. The highest BCUT2D eigenvalue weighted by Gasteiger charge is 2.47. The third kappa shape index (κ3) is 13.7. The summed E-state index contributed by atoms with van der Waals surface area (Å²) in [7, 11) is 0. The van der Waals surface area contributed by atoms with E-state index in [2.05, 4.69) is 12.2 Å².